The summed E-state index contributed by atoms with van der Waals surface area (Å²) in [5, 5.41) is 7.70. The van der Waals surface area contributed by atoms with Gasteiger partial charge in [0.25, 0.3) is 0 Å². The molecule has 1 aliphatic heterocycles. The SMILES string of the molecule is Cc1ccc2c(C)nc(NC3=NC(c4ccccc4)C4=C(CC(C)(C)CC4=O)N3)nc2c1. The third kappa shape index (κ3) is 3.77. The first-order valence-corrected chi connectivity index (χ1v) is 11.0. The molecule has 1 aliphatic carbocycles. The molecular weight excluding hydrogens is 398 g/mol. The number of hydrogen-bond acceptors (Lipinski definition) is 6. The maximum atomic E-state index is 13.1. The normalized spacial score (nSPS) is 19.9. The number of allylic oxidation sites excluding steroid dienone is 1. The highest BCUT2D eigenvalue weighted by Crippen LogP contribution is 2.42. The lowest BCUT2D eigenvalue weighted by Gasteiger charge is -2.37. The number of anilines is 1. The number of benzene rings is 2. The minimum atomic E-state index is -0.345. The van der Waals surface area contributed by atoms with Gasteiger partial charge in [-0.1, -0.05) is 56.3 Å². The predicted octanol–water partition coefficient (Wildman–Crippen LogP) is 5.00. The van der Waals surface area contributed by atoms with Gasteiger partial charge in [0.05, 0.1) is 11.2 Å². The molecule has 5 rings (SSSR count). The van der Waals surface area contributed by atoms with Crippen LogP contribution in [0.15, 0.2) is 64.8 Å². The summed E-state index contributed by atoms with van der Waals surface area (Å²) in [5.41, 5.74) is 5.56. The lowest BCUT2D eigenvalue weighted by molar-refractivity contribution is -0.118. The number of carbonyl (C=O) groups excluding carboxylic acids is 1. The lowest BCUT2D eigenvalue weighted by atomic mass is 9.73. The van der Waals surface area contributed by atoms with Crippen LogP contribution >= 0.6 is 0 Å². The molecule has 1 unspecified atom stereocenters. The molecule has 0 fully saturated rings. The fraction of sp³-hybridized carbons (Fsp3) is 0.308. The number of rotatable bonds is 2. The number of ketones is 1. The van der Waals surface area contributed by atoms with Gasteiger partial charge in [-0.25, -0.2) is 15.0 Å². The molecule has 6 heteroatoms. The van der Waals surface area contributed by atoms with Gasteiger partial charge in [-0.15, -0.1) is 0 Å². The predicted molar refractivity (Wildman–Crippen MR) is 127 cm³/mol. The van der Waals surface area contributed by atoms with E-state index in [1.807, 2.05) is 37.3 Å². The van der Waals surface area contributed by atoms with Crippen molar-refractivity contribution in [3.8, 4) is 0 Å². The molecule has 0 bridgehead atoms. The summed E-state index contributed by atoms with van der Waals surface area (Å²) in [7, 11) is 0. The van der Waals surface area contributed by atoms with E-state index < -0.39 is 0 Å². The molecule has 2 heterocycles. The van der Waals surface area contributed by atoms with E-state index in [9.17, 15) is 4.79 Å². The third-order valence-corrected chi connectivity index (χ3v) is 6.11. The monoisotopic (exact) mass is 425 g/mol. The van der Waals surface area contributed by atoms with Crippen LogP contribution in [0.25, 0.3) is 10.9 Å². The van der Waals surface area contributed by atoms with E-state index in [2.05, 4.69) is 54.6 Å². The molecule has 1 atom stereocenters. The zero-order valence-electron chi connectivity index (χ0n) is 18.9. The van der Waals surface area contributed by atoms with Crippen LogP contribution in [0.4, 0.5) is 5.95 Å². The second kappa shape index (κ2) is 7.55. The molecule has 0 spiro atoms. The van der Waals surface area contributed by atoms with Gasteiger partial charge < -0.3 is 5.32 Å². The zero-order chi connectivity index (χ0) is 22.5. The molecule has 0 radical (unpaired) electrons. The molecule has 2 aromatic carbocycles. The molecular formula is C26H27N5O. The highest BCUT2D eigenvalue weighted by atomic mass is 16.1. The van der Waals surface area contributed by atoms with E-state index in [1.165, 1.54) is 0 Å². The first kappa shape index (κ1) is 20.4. The molecule has 0 amide bonds. The van der Waals surface area contributed by atoms with Gasteiger partial charge in [0.1, 0.15) is 6.04 Å². The summed E-state index contributed by atoms with van der Waals surface area (Å²) in [4.78, 5) is 27.4. The summed E-state index contributed by atoms with van der Waals surface area (Å²) in [5.74, 6) is 1.22. The Morgan fingerprint density at radius 2 is 1.81 bits per heavy atom. The minimum Gasteiger partial charge on any atom is -0.329 e. The highest BCUT2D eigenvalue weighted by Gasteiger charge is 2.39. The summed E-state index contributed by atoms with van der Waals surface area (Å²) < 4.78 is 0. The standard InChI is InChI=1S/C26H27N5O/c1-15-10-11-18-16(2)27-24(28-19(18)12-15)31-25-29-20-13-26(3,4)14-21(32)22(20)23(30-25)17-8-6-5-7-9-17/h5-12,23H,13-14H2,1-4H3,(H2,27,28,29,30,31). The Labute approximate surface area is 187 Å². The number of aryl methyl sites for hydroxylation is 2. The third-order valence-electron chi connectivity index (χ3n) is 6.11. The van der Waals surface area contributed by atoms with Crippen molar-refractivity contribution in [3.63, 3.8) is 0 Å². The van der Waals surface area contributed by atoms with Gasteiger partial charge in [-0.2, -0.15) is 0 Å². The highest BCUT2D eigenvalue weighted by molar-refractivity contribution is 6.03. The van der Waals surface area contributed by atoms with Crippen LogP contribution in [0, 0.1) is 19.3 Å². The van der Waals surface area contributed by atoms with Crippen molar-refractivity contribution in [1.82, 2.24) is 15.3 Å². The number of nitrogens with one attached hydrogen (secondary N) is 2. The number of hydrogen-bond donors (Lipinski definition) is 2. The molecule has 32 heavy (non-hydrogen) atoms. The van der Waals surface area contributed by atoms with E-state index in [0.29, 0.717) is 18.3 Å². The molecule has 6 nitrogen and oxygen atoms in total. The van der Waals surface area contributed by atoms with Crippen LogP contribution in [-0.2, 0) is 4.79 Å². The smallest absolute Gasteiger partial charge is 0.230 e. The van der Waals surface area contributed by atoms with Gasteiger partial charge in [0.15, 0.2) is 5.78 Å². The number of fused-ring (bicyclic) bond motifs is 1. The average Bonchev–Trinajstić information content (AvgIpc) is 2.72. The van der Waals surface area contributed by atoms with E-state index in [-0.39, 0.29) is 17.2 Å². The van der Waals surface area contributed by atoms with Crippen LogP contribution in [0.1, 0.15) is 49.6 Å². The summed E-state index contributed by atoms with van der Waals surface area (Å²) in [6, 6.07) is 15.8. The Balaban J connectivity index is 1.55. The zero-order valence-corrected chi connectivity index (χ0v) is 18.9. The Bertz CT molecular complexity index is 1290. The number of aromatic nitrogens is 2. The van der Waals surface area contributed by atoms with Crippen molar-refractivity contribution in [1.29, 1.82) is 0 Å². The van der Waals surface area contributed by atoms with Crippen molar-refractivity contribution >= 4 is 28.6 Å². The second-order valence-electron chi connectivity index (χ2n) is 9.53. The Morgan fingerprint density at radius 1 is 1.03 bits per heavy atom. The first-order chi connectivity index (χ1) is 15.3. The van der Waals surface area contributed by atoms with Crippen molar-refractivity contribution in [2.24, 2.45) is 10.4 Å². The maximum absolute atomic E-state index is 13.1. The van der Waals surface area contributed by atoms with Crippen LogP contribution in [-0.4, -0.2) is 21.7 Å². The lowest BCUT2D eigenvalue weighted by Crippen LogP contribution is -2.42. The summed E-state index contributed by atoms with van der Waals surface area (Å²) in [6.45, 7) is 8.29. The van der Waals surface area contributed by atoms with Crippen molar-refractivity contribution in [2.75, 3.05) is 5.32 Å². The quantitative estimate of drug-likeness (QED) is 0.604. The van der Waals surface area contributed by atoms with E-state index >= 15 is 0 Å². The molecule has 3 aromatic rings. The van der Waals surface area contributed by atoms with Gasteiger partial charge >= 0.3 is 0 Å². The van der Waals surface area contributed by atoms with E-state index in [4.69, 9.17) is 9.98 Å². The Kier molecular flexibility index (Phi) is 4.81. The summed E-state index contributed by atoms with van der Waals surface area (Å²) >= 11 is 0. The first-order valence-electron chi connectivity index (χ1n) is 11.0. The number of guanidine groups is 1. The van der Waals surface area contributed by atoms with E-state index in [0.717, 1.165) is 45.4 Å². The fourth-order valence-electron chi connectivity index (χ4n) is 4.63. The van der Waals surface area contributed by atoms with Gasteiger partial charge in [-0.05, 0) is 42.9 Å². The Morgan fingerprint density at radius 3 is 2.59 bits per heavy atom. The van der Waals surface area contributed by atoms with E-state index in [1.54, 1.807) is 0 Å². The molecule has 0 saturated carbocycles. The molecule has 2 aliphatic rings. The maximum Gasteiger partial charge on any atom is 0.230 e. The number of carbonyl (C=O) groups is 1. The fourth-order valence-corrected chi connectivity index (χ4v) is 4.63. The van der Waals surface area contributed by atoms with Crippen LogP contribution in [0.3, 0.4) is 0 Å². The minimum absolute atomic E-state index is 0.0971. The van der Waals surface area contributed by atoms with Gasteiger partial charge in [0.2, 0.25) is 11.9 Å². The molecule has 0 saturated heterocycles. The topological polar surface area (TPSA) is 79.3 Å². The van der Waals surface area contributed by atoms with Crippen LogP contribution in [0.2, 0.25) is 0 Å². The number of Topliss-reactive ketones (excluding diaryl/α,β-unsaturated/α-hetero) is 1. The molecule has 162 valence electrons. The molecule has 2 N–H and O–H groups in total. The van der Waals surface area contributed by atoms with Gasteiger partial charge in [0, 0.05) is 23.1 Å². The van der Waals surface area contributed by atoms with Crippen molar-refractivity contribution in [3.05, 3.63) is 76.6 Å². The molecule has 1 aromatic heterocycles. The van der Waals surface area contributed by atoms with Crippen molar-refractivity contribution < 1.29 is 4.79 Å². The number of nitrogens with zero attached hydrogens (tertiary/aromatic N) is 3. The van der Waals surface area contributed by atoms with Crippen LogP contribution in [0.5, 0.6) is 0 Å². The summed E-state index contributed by atoms with van der Waals surface area (Å²) in [6.07, 6.45) is 1.32. The largest absolute Gasteiger partial charge is 0.329 e. The second-order valence-corrected chi connectivity index (χ2v) is 9.53. The Hall–Kier alpha value is -3.54. The average molecular weight is 426 g/mol. The number of aliphatic imine (C=N–C) groups is 1. The van der Waals surface area contributed by atoms with Crippen molar-refractivity contribution in [2.45, 2.75) is 46.6 Å². The van der Waals surface area contributed by atoms with Gasteiger partial charge in [-0.3, -0.25) is 10.1 Å². The van der Waals surface area contributed by atoms with Crippen LogP contribution < -0.4 is 10.6 Å².